The fourth-order valence-electron chi connectivity index (χ4n) is 1.68. The molecule has 1 aromatic rings. The first-order chi connectivity index (χ1) is 8.79. The number of amides is 1. The first kappa shape index (κ1) is 16.2. The van der Waals surface area contributed by atoms with Crippen LogP contribution in [-0.2, 0) is 16.8 Å². The van der Waals surface area contributed by atoms with Gasteiger partial charge in [-0.3, -0.25) is 4.79 Å². The molecule has 0 atom stereocenters. The Balaban J connectivity index is 2.27. The van der Waals surface area contributed by atoms with E-state index in [-0.39, 0.29) is 17.4 Å². The maximum atomic E-state index is 11.5. The van der Waals surface area contributed by atoms with Crippen LogP contribution < -0.4 is 10.6 Å². The zero-order chi connectivity index (χ0) is 14.5. The molecule has 0 aliphatic rings. The average molecular weight is 282 g/mol. The summed E-state index contributed by atoms with van der Waals surface area (Å²) < 4.78 is 0. The summed E-state index contributed by atoms with van der Waals surface area (Å²) in [5, 5.41) is 6.21. The van der Waals surface area contributed by atoms with Gasteiger partial charge in [0.2, 0.25) is 5.91 Å². The highest BCUT2D eigenvalue weighted by atomic mass is 32.1. The van der Waals surface area contributed by atoms with Crippen LogP contribution in [0.1, 0.15) is 50.8 Å². The average Bonchev–Trinajstić information content (AvgIpc) is 2.71. The molecule has 3 nitrogen and oxygen atoms in total. The quantitative estimate of drug-likeness (QED) is 0.787. The number of carbonyl (C=O) groups is 1. The topological polar surface area (TPSA) is 41.1 Å². The van der Waals surface area contributed by atoms with Crippen molar-refractivity contribution in [1.29, 1.82) is 0 Å². The summed E-state index contributed by atoms with van der Waals surface area (Å²) in [6.07, 6.45) is 0.537. The first-order valence-corrected chi connectivity index (χ1v) is 7.70. The van der Waals surface area contributed by atoms with Crippen molar-refractivity contribution in [3.05, 3.63) is 21.9 Å². The highest BCUT2D eigenvalue weighted by molar-refractivity contribution is 7.12. The second-order valence-corrected chi connectivity index (χ2v) is 7.33. The lowest BCUT2D eigenvalue weighted by molar-refractivity contribution is -0.121. The molecule has 1 aromatic heterocycles. The molecule has 0 aliphatic heterocycles. The monoisotopic (exact) mass is 282 g/mol. The van der Waals surface area contributed by atoms with E-state index in [1.165, 1.54) is 9.75 Å². The number of hydrogen-bond acceptors (Lipinski definition) is 3. The Hall–Kier alpha value is -0.870. The van der Waals surface area contributed by atoms with Crippen molar-refractivity contribution < 1.29 is 4.79 Å². The lowest BCUT2D eigenvalue weighted by atomic mass is 9.95. The van der Waals surface area contributed by atoms with Gasteiger partial charge in [-0.25, -0.2) is 0 Å². The van der Waals surface area contributed by atoms with Gasteiger partial charge < -0.3 is 10.6 Å². The van der Waals surface area contributed by atoms with E-state index in [0.29, 0.717) is 6.42 Å². The van der Waals surface area contributed by atoms with E-state index >= 15 is 0 Å². The molecule has 0 radical (unpaired) electrons. The van der Waals surface area contributed by atoms with Crippen LogP contribution in [0.4, 0.5) is 0 Å². The van der Waals surface area contributed by atoms with E-state index in [0.717, 1.165) is 13.1 Å². The largest absolute Gasteiger partial charge is 0.354 e. The van der Waals surface area contributed by atoms with Crippen molar-refractivity contribution in [1.82, 2.24) is 10.6 Å². The van der Waals surface area contributed by atoms with Crippen molar-refractivity contribution >= 4 is 17.2 Å². The third kappa shape index (κ3) is 6.21. The van der Waals surface area contributed by atoms with E-state index in [2.05, 4.69) is 43.5 Å². The second-order valence-electron chi connectivity index (χ2n) is 6.16. The van der Waals surface area contributed by atoms with Gasteiger partial charge in [0.1, 0.15) is 0 Å². The van der Waals surface area contributed by atoms with Gasteiger partial charge in [0.25, 0.3) is 0 Å². The lowest BCUT2D eigenvalue weighted by Gasteiger charge is -2.15. The Morgan fingerprint density at radius 3 is 2.53 bits per heavy atom. The van der Waals surface area contributed by atoms with Crippen molar-refractivity contribution in [2.75, 3.05) is 6.54 Å². The molecule has 0 unspecified atom stereocenters. The Morgan fingerprint density at radius 2 is 2.00 bits per heavy atom. The van der Waals surface area contributed by atoms with Gasteiger partial charge in [-0.15, -0.1) is 11.3 Å². The molecule has 4 heteroatoms. The molecule has 1 heterocycles. The zero-order valence-corrected chi connectivity index (χ0v) is 13.5. The van der Waals surface area contributed by atoms with Gasteiger partial charge >= 0.3 is 0 Å². The minimum Gasteiger partial charge on any atom is -0.354 e. The van der Waals surface area contributed by atoms with Crippen LogP contribution >= 0.6 is 11.3 Å². The van der Waals surface area contributed by atoms with E-state index in [1.54, 1.807) is 0 Å². The minimum absolute atomic E-state index is 0.115. The van der Waals surface area contributed by atoms with Gasteiger partial charge in [-0.2, -0.15) is 0 Å². The molecule has 19 heavy (non-hydrogen) atoms. The summed E-state index contributed by atoms with van der Waals surface area (Å²) in [5.41, 5.74) is 0.222. The minimum atomic E-state index is 0.115. The van der Waals surface area contributed by atoms with Crippen LogP contribution in [-0.4, -0.2) is 18.5 Å². The normalized spacial score (nSPS) is 11.9. The fraction of sp³-hybridized carbons (Fsp3) is 0.667. The second kappa shape index (κ2) is 7.06. The SMILES string of the molecule is CC(C)NC(=O)CCNCc1ccc(C(C)(C)C)s1. The van der Waals surface area contributed by atoms with Crippen LogP contribution in [0.5, 0.6) is 0 Å². The zero-order valence-electron chi connectivity index (χ0n) is 12.7. The molecular formula is C15H26N2OS. The molecule has 1 rings (SSSR count). The standard InChI is InChI=1S/C15H26N2OS/c1-11(2)17-14(18)8-9-16-10-12-6-7-13(19-12)15(3,4)5/h6-7,11,16H,8-10H2,1-5H3,(H,17,18). The molecule has 0 aromatic carbocycles. The van der Waals surface area contributed by atoms with Crippen LogP contribution in [0.2, 0.25) is 0 Å². The third-order valence-electron chi connectivity index (χ3n) is 2.68. The number of nitrogens with one attached hydrogen (secondary N) is 2. The predicted molar refractivity (Wildman–Crippen MR) is 82.6 cm³/mol. The van der Waals surface area contributed by atoms with Crippen molar-refractivity contribution in [2.24, 2.45) is 0 Å². The highest BCUT2D eigenvalue weighted by Crippen LogP contribution is 2.29. The number of rotatable bonds is 6. The summed E-state index contributed by atoms with van der Waals surface area (Å²) in [6, 6.07) is 4.60. The van der Waals surface area contributed by atoms with Gasteiger partial charge in [0.15, 0.2) is 0 Å². The first-order valence-electron chi connectivity index (χ1n) is 6.88. The summed E-state index contributed by atoms with van der Waals surface area (Å²) >= 11 is 1.85. The van der Waals surface area contributed by atoms with E-state index < -0.39 is 0 Å². The van der Waals surface area contributed by atoms with Crippen LogP contribution in [0.3, 0.4) is 0 Å². The van der Waals surface area contributed by atoms with E-state index in [9.17, 15) is 4.79 Å². The molecule has 2 N–H and O–H groups in total. The maximum Gasteiger partial charge on any atom is 0.221 e. The number of thiophene rings is 1. The summed E-state index contributed by atoms with van der Waals surface area (Å²) in [5.74, 6) is 0.115. The third-order valence-corrected chi connectivity index (χ3v) is 4.19. The van der Waals surface area contributed by atoms with Gasteiger partial charge in [-0.1, -0.05) is 20.8 Å². The molecule has 0 fully saturated rings. The highest BCUT2D eigenvalue weighted by Gasteiger charge is 2.15. The Morgan fingerprint density at radius 1 is 1.32 bits per heavy atom. The predicted octanol–water partition coefficient (Wildman–Crippen LogP) is 3.05. The van der Waals surface area contributed by atoms with Crippen molar-refractivity contribution in [2.45, 2.75) is 59.0 Å². The lowest BCUT2D eigenvalue weighted by Crippen LogP contribution is -2.32. The van der Waals surface area contributed by atoms with Gasteiger partial charge in [-0.05, 0) is 31.4 Å². The molecule has 0 bridgehead atoms. The van der Waals surface area contributed by atoms with E-state index in [1.807, 2.05) is 25.2 Å². The Bertz CT molecular complexity index is 405. The molecule has 0 saturated heterocycles. The molecule has 0 saturated carbocycles. The van der Waals surface area contributed by atoms with Crippen LogP contribution in [0.25, 0.3) is 0 Å². The summed E-state index contributed by atoms with van der Waals surface area (Å²) in [7, 11) is 0. The summed E-state index contributed by atoms with van der Waals surface area (Å²) in [6.45, 7) is 12.2. The molecule has 1 amide bonds. The molecule has 0 spiro atoms. The fourth-order valence-corrected chi connectivity index (χ4v) is 2.72. The van der Waals surface area contributed by atoms with Crippen molar-refractivity contribution in [3.63, 3.8) is 0 Å². The van der Waals surface area contributed by atoms with Gasteiger partial charge in [0.05, 0.1) is 0 Å². The number of hydrogen-bond donors (Lipinski definition) is 2. The Labute approximate surface area is 120 Å². The maximum absolute atomic E-state index is 11.5. The van der Waals surface area contributed by atoms with Crippen LogP contribution in [0, 0.1) is 0 Å². The molecule has 108 valence electrons. The Kier molecular flexibility index (Phi) is 6.01. The number of carbonyl (C=O) groups excluding carboxylic acids is 1. The van der Waals surface area contributed by atoms with E-state index in [4.69, 9.17) is 0 Å². The van der Waals surface area contributed by atoms with Crippen molar-refractivity contribution in [3.8, 4) is 0 Å². The molecular weight excluding hydrogens is 256 g/mol. The van der Waals surface area contributed by atoms with Gasteiger partial charge in [0, 0.05) is 35.3 Å². The van der Waals surface area contributed by atoms with Crippen LogP contribution in [0.15, 0.2) is 12.1 Å². The summed E-state index contributed by atoms with van der Waals surface area (Å²) in [4.78, 5) is 14.2. The molecule has 0 aliphatic carbocycles. The smallest absolute Gasteiger partial charge is 0.221 e.